The fourth-order valence-electron chi connectivity index (χ4n) is 2.07. The van der Waals surface area contributed by atoms with Crippen molar-refractivity contribution in [1.29, 1.82) is 0 Å². The number of amides is 1. The van der Waals surface area contributed by atoms with Crippen LogP contribution in [0, 0.1) is 0 Å². The van der Waals surface area contributed by atoms with E-state index in [2.05, 4.69) is 15.3 Å². The van der Waals surface area contributed by atoms with Crippen LogP contribution in [-0.4, -0.2) is 58.9 Å². The number of ether oxygens (including phenoxy) is 2. The van der Waals surface area contributed by atoms with E-state index in [1.807, 2.05) is 20.8 Å². The lowest BCUT2D eigenvalue weighted by atomic mass is 10.2. The predicted octanol–water partition coefficient (Wildman–Crippen LogP) is 2.83. The van der Waals surface area contributed by atoms with Crippen LogP contribution in [0.25, 0.3) is 0 Å². The minimum atomic E-state index is -0.545. The molecular formula is C14H20Cl2N4O3. The molecule has 1 aromatic heterocycles. The smallest absolute Gasteiger partial charge is 0.410 e. The van der Waals surface area contributed by atoms with Gasteiger partial charge in [0.25, 0.3) is 0 Å². The number of carbonyl (C=O) groups excluding carboxylic acids is 1. The first-order valence-corrected chi connectivity index (χ1v) is 8.01. The second kappa shape index (κ2) is 7.51. The standard InChI is InChI=1S/C14H20Cl2N4O3/c1-14(2,3)23-13(21)20-4-5-22-8-9(20)6-17-11-10(15)7-18-12(16)19-11/h7,9H,4-6,8H2,1-3H3,(H,17,18,19). The molecule has 1 aliphatic heterocycles. The quantitative estimate of drug-likeness (QED) is 0.833. The van der Waals surface area contributed by atoms with E-state index in [-0.39, 0.29) is 17.4 Å². The number of carbonyl (C=O) groups is 1. The molecule has 0 aliphatic carbocycles. The molecule has 23 heavy (non-hydrogen) atoms. The maximum absolute atomic E-state index is 12.3. The normalized spacial score (nSPS) is 18.7. The van der Waals surface area contributed by atoms with Crippen molar-refractivity contribution in [2.75, 3.05) is 31.6 Å². The number of nitrogens with one attached hydrogen (secondary N) is 1. The third kappa shape index (κ3) is 5.37. The summed E-state index contributed by atoms with van der Waals surface area (Å²) in [6.45, 7) is 7.27. The summed E-state index contributed by atoms with van der Waals surface area (Å²) < 4.78 is 10.9. The first-order chi connectivity index (χ1) is 10.8. The van der Waals surface area contributed by atoms with E-state index in [4.69, 9.17) is 32.7 Å². The number of rotatable bonds is 3. The van der Waals surface area contributed by atoms with E-state index in [1.165, 1.54) is 6.20 Å². The Balaban J connectivity index is 2.01. The molecule has 1 aromatic rings. The predicted molar refractivity (Wildman–Crippen MR) is 88.1 cm³/mol. The average molecular weight is 363 g/mol. The Morgan fingerprint density at radius 3 is 2.96 bits per heavy atom. The Morgan fingerprint density at radius 1 is 1.52 bits per heavy atom. The van der Waals surface area contributed by atoms with Crippen LogP contribution in [0.1, 0.15) is 20.8 Å². The highest BCUT2D eigenvalue weighted by Gasteiger charge is 2.31. The number of anilines is 1. The summed E-state index contributed by atoms with van der Waals surface area (Å²) in [5, 5.41) is 3.53. The average Bonchev–Trinajstić information content (AvgIpc) is 2.47. The van der Waals surface area contributed by atoms with Crippen molar-refractivity contribution in [1.82, 2.24) is 14.9 Å². The molecule has 0 saturated carbocycles. The zero-order chi connectivity index (χ0) is 17.0. The van der Waals surface area contributed by atoms with Gasteiger partial charge in [-0.1, -0.05) is 11.6 Å². The molecule has 0 radical (unpaired) electrons. The molecular weight excluding hydrogens is 343 g/mol. The van der Waals surface area contributed by atoms with Gasteiger partial charge in [-0.2, -0.15) is 4.98 Å². The largest absolute Gasteiger partial charge is 0.444 e. The fourth-order valence-corrected chi connectivity index (χ4v) is 2.36. The molecule has 1 amide bonds. The van der Waals surface area contributed by atoms with Crippen LogP contribution >= 0.6 is 23.2 Å². The minimum Gasteiger partial charge on any atom is -0.444 e. The van der Waals surface area contributed by atoms with E-state index < -0.39 is 5.60 Å². The van der Waals surface area contributed by atoms with Gasteiger partial charge in [-0.15, -0.1) is 0 Å². The summed E-state index contributed by atoms with van der Waals surface area (Å²) in [5.41, 5.74) is -0.545. The van der Waals surface area contributed by atoms with Crippen molar-refractivity contribution in [2.45, 2.75) is 32.4 Å². The van der Waals surface area contributed by atoms with Gasteiger partial charge in [0.15, 0.2) is 0 Å². The van der Waals surface area contributed by atoms with Crippen LogP contribution in [0.3, 0.4) is 0 Å². The van der Waals surface area contributed by atoms with Crippen molar-refractivity contribution < 1.29 is 14.3 Å². The van der Waals surface area contributed by atoms with E-state index in [0.29, 0.717) is 37.1 Å². The summed E-state index contributed by atoms with van der Waals surface area (Å²) in [6.07, 6.45) is 1.06. The molecule has 7 nitrogen and oxygen atoms in total. The van der Waals surface area contributed by atoms with E-state index >= 15 is 0 Å². The Labute approximate surface area is 145 Å². The van der Waals surface area contributed by atoms with Gasteiger partial charge in [0, 0.05) is 13.1 Å². The van der Waals surface area contributed by atoms with Gasteiger partial charge in [0.05, 0.1) is 25.5 Å². The second-order valence-corrected chi connectivity index (χ2v) is 6.86. The summed E-state index contributed by atoms with van der Waals surface area (Å²) in [5.74, 6) is 0.418. The molecule has 2 heterocycles. The Kier molecular flexibility index (Phi) is 5.89. The number of hydrogen-bond acceptors (Lipinski definition) is 6. The summed E-state index contributed by atoms with van der Waals surface area (Å²) in [4.78, 5) is 21.8. The highest BCUT2D eigenvalue weighted by Crippen LogP contribution is 2.20. The van der Waals surface area contributed by atoms with Gasteiger partial charge < -0.3 is 14.8 Å². The molecule has 1 N–H and O–H groups in total. The van der Waals surface area contributed by atoms with Gasteiger partial charge in [-0.25, -0.2) is 9.78 Å². The SMILES string of the molecule is CC(C)(C)OC(=O)N1CCOCC1CNc1nc(Cl)ncc1Cl. The van der Waals surface area contributed by atoms with Gasteiger partial charge in [0.2, 0.25) is 5.28 Å². The molecule has 0 spiro atoms. The van der Waals surface area contributed by atoms with Gasteiger partial charge in [0.1, 0.15) is 16.4 Å². The van der Waals surface area contributed by atoms with E-state index in [0.717, 1.165) is 0 Å². The van der Waals surface area contributed by atoms with Crippen LogP contribution in [0.2, 0.25) is 10.3 Å². The first-order valence-electron chi connectivity index (χ1n) is 7.25. The molecule has 1 saturated heterocycles. The van der Waals surface area contributed by atoms with Crippen molar-refractivity contribution in [3.05, 3.63) is 16.5 Å². The first kappa shape index (κ1) is 18.0. The lowest BCUT2D eigenvalue weighted by Crippen LogP contribution is -2.53. The minimum absolute atomic E-state index is 0.0980. The van der Waals surface area contributed by atoms with Crippen LogP contribution in [0.4, 0.5) is 10.6 Å². The molecule has 1 fully saturated rings. The van der Waals surface area contributed by atoms with Crippen LogP contribution < -0.4 is 5.32 Å². The lowest BCUT2D eigenvalue weighted by Gasteiger charge is -2.36. The molecule has 0 aromatic carbocycles. The van der Waals surface area contributed by atoms with Gasteiger partial charge in [-0.3, -0.25) is 4.90 Å². The zero-order valence-electron chi connectivity index (χ0n) is 13.3. The summed E-state index contributed by atoms with van der Waals surface area (Å²) in [7, 11) is 0. The monoisotopic (exact) mass is 362 g/mol. The van der Waals surface area contributed by atoms with Crippen molar-refractivity contribution in [3.8, 4) is 0 Å². The Hall–Kier alpha value is -1.31. The van der Waals surface area contributed by atoms with Crippen LogP contribution in [0.15, 0.2) is 6.20 Å². The van der Waals surface area contributed by atoms with Crippen molar-refractivity contribution in [2.24, 2.45) is 0 Å². The molecule has 1 atom stereocenters. The third-order valence-corrected chi connectivity index (χ3v) is 3.53. The Morgan fingerprint density at radius 2 is 2.26 bits per heavy atom. The zero-order valence-corrected chi connectivity index (χ0v) is 14.8. The van der Waals surface area contributed by atoms with Crippen LogP contribution in [0.5, 0.6) is 0 Å². The molecule has 1 aliphatic rings. The number of nitrogens with zero attached hydrogens (tertiary/aromatic N) is 3. The van der Waals surface area contributed by atoms with Crippen LogP contribution in [-0.2, 0) is 9.47 Å². The van der Waals surface area contributed by atoms with E-state index in [1.54, 1.807) is 4.90 Å². The summed E-state index contributed by atoms with van der Waals surface area (Å²) in [6, 6.07) is -0.191. The molecule has 1 unspecified atom stereocenters. The molecule has 2 rings (SSSR count). The topological polar surface area (TPSA) is 76.6 Å². The fraction of sp³-hybridized carbons (Fsp3) is 0.643. The van der Waals surface area contributed by atoms with E-state index in [9.17, 15) is 4.79 Å². The number of hydrogen-bond donors (Lipinski definition) is 1. The second-order valence-electron chi connectivity index (χ2n) is 6.12. The maximum atomic E-state index is 12.3. The Bertz CT molecular complexity index is 565. The molecule has 128 valence electrons. The number of aromatic nitrogens is 2. The van der Waals surface area contributed by atoms with Gasteiger partial charge >= 0.3 is 6.09 Å². The molecule has 9 heteroatoms. The third-order valence-electron chi connectivity index (χ3n) is 3.08. The van der Waals surface area contributed by atoms with Gasteiger partial charge in [-0.05, 0) is 32.4 Å². The lowest BCUT2D eigenvalue weighted by molar-refractivity contribution is -0.0291. The maximum Gasteiger partial charge on any atom is 0.410 e. The number of morpholine rings is 1. The van der Waals surface area contributed by atoms with Crippen molar-refractivity contribution in [3.63, 3.8) is 0 Å². The molecule has 0 bridgehead atoms. The highest BCUT2D eigenvalue weighted by molar-refractivity contribution is 6.33. The highest BCUT2D eigenvalue weighted by atomic mass is 35.5. The van der Waals surface area contributed by atoms with Crippen molar-refractivity contribution >= 4 is 35.1 Å². The summed E-state index contributed by atoms with van der Waals surface area (Å²) >= 11 is 11.8. The number of halogens is 2.